The number of carbonyl (C=O) groups excluding carboxylic acids is 1. The van der Waals surface area contributed by atoms with Gasteiger partial charge in [0.05, 0.1) is 5.56 Å². The van der Waals surface area contributed by atoms with Gasteiger partial charge in [-0.2, -0.15) is 0 Å². The second-order valence-electron chi connectivity index (χ2n) is 4.21. The maximum absolute atomic E-state index is 10.8. The van der Waals surface area contributed by atoms with E-state index in [1.165, 1.54) is 6.92 Å². The molecule has 0 amide bonds. The summed E-state index contributed by atoms with van der Waals surface area (Å²) in [6.07, 6.45) is 0. The lowest BCUT2D eigenvalue weighted by Crippen LogP contribution is -2.05. The van der Waals surface area contributed by atoms with Crippen molar-refractivity contribution in [1.29, 1.82) is 0 Å². The zero-order valence-electron chi connectivity index (χ0n) is 10.1. The molecular weight excluding hydrogens is 310 g/mol. The second kappa shape index (κ2) is 4.66. The van der Waals surface area contributed by atoms with Crippen molar-refractivity contribution in [2.24, 2.45) is 5.16 Å². The normalized spacial score (nSPS) is 15.4. The molecule has 19 heavy (non-hydrogen) atoms. The predicted octanol–water partition coefficient (Wildman–Crippen LogP) is 3.26. The van der Waals surface area contributed by atoms with E-state index in [2.05, 4.69) is 21.1 Å². The summed E-state index contributed by atoms with van der Waals surface area (Å²) in [4.78, 5) is 15.6. The van der Waals surface area contributed by atoms with Crippen molar-refractivity contribution in [3.8, 4) is 5.75 Å². The number of ether oxygens (including phenoxy) is 1. The van der Waals surface area contributed by atoms with Crippen LogP contribution in [0.3, 0.4) is 0 Å². The van der Waals surface area contributed by atoms with Gasteiger partial charge in [-0.05, 0) is 29.0 Å². The SMILES string of the molecule is CC(=O)O/N=C1\COc2ccc3cc(Br)ccc3c21. The first-order valence-corrected chi connectivity index (χ1v) is 6.54. The molecule has 2 aromatic carbocycles. The zero-order valence-corrected chi connectivity index (χ0v) is 11.7. The lowest BCUT2D eigenvalue weighted by Gasteiger charge is -2.04. The molecule has 3 rings (SSSR count). The van der Waals surface area contributed by atoms with Crippen LogP contribution in [0, 0.1) is 0 Å². The quantitative estimate of drug-likeness (QED) is 0.598. The average molecular weight is 320 g/mol. The Balaban J connectivity index is 2.17. The van der Waals surface area contributed by atoms with Crippen LogP contribution >= 0.6 is 15.9 Å². The fourth-order valence-electron chi connectivity index (χ4n) is 2.11. The first-order chi connectivity index (χ1) is 9.15. The Morgan fingerprint density at radius 2 is 2.21 bits per heavy atom. The number of oxime groups is 1. The smallest absolute Gasteiger partial charge is 0.331 e. The Kier molecular flexibility index (Phi) is 2.98. The minimum atomic E-state index is -0.441. The minimum Gasteiger partial charge on any atom is -0.486 e. The average Bonchev–Trinajstić information content (AvgIpc) is 2.79. The fourth-order valence-corrected chi connectivity index (χ4v) is 2.49. The summed E-state index contributed by atoms with van der Waals surface area (Å²) in [6, 6.07) is 9.88. The summed E-state index contributed by atoms with van der Waals surface area (Å²) >= 11 is 3.45. The molecule has 0 aromatic heterocycles. The van der Waals surface area contributed by atoms with Gasteiger partial charge >= 0.3 is 5.97 Å². The number of benzene rings is 2. The molecule has 0 unspecified atom stereocenters. The summed E-state index contributed by atoms with van der Waals surface area (Å²) in [7, 11) is 0. The van der Waals surface area contributed by atoms with Gasteiger partial charge < -0.3 is 9.57 Å². The number of nitrogens with zero attached hydrogens (tertiary/aromatic N) is 1. The molecule has 1 aliphatic heterocycles. The Morgan fingerprint density at radius 1 is 1.37 bits per heavy atom. The summed E-state index contributed by atoms with van der Waals surface area (Å²) < 4.78 is 6.56. The van der Waals surface area contributed by atoms with Crippen LogP contribution in [0.4, 0.5) is 0 Å². The standard InChI is InChI=1S/C14H10BrNO3/c1-8(17)19-16-12-7-18-13-5-2-9-6-10(15)3-4-11(9)14(12)13/h2-6H,7H2,1H3/b16-12+. The van der Waals surface area contributed by atoms with Crippen LogP contribution in [0.1, 0.15) is 12.5 Å². The van der Waals surface area contributed by atoms with Crippen LogP contribution in [0.2, 0.25) is 0 Å². The Bertz CT molecular complexity index is 709. The van der Waals surface area contributed by atoms with Crippen molar-refractivity contribution >= 4 is 38.4 Å². The lowest BCUT2D eigenvalue weighted by atomic mass is 10.0. The molecule has 0 aliphatic carbocycles. The maximum Gasteiger partial charge on any atom is 0.331 e. The highest BCUT2D eigenvalue weighted by Crippen LogP contribution is 2.34. The monoisotopic (exact) mass is 319 g/mol. The van der Waals surface area contributed by atoms with Gasteiger partial charge in [-0.25, -0.2) is 4.79 Å². The largest absolute Gasteiger partial charge is 0.486 e. The molecule has 0 radical (unpaired) electrons. The Hall–Kier alpha value is -1.88. The third-order valence-electron chi connectivity index (χ3n) is 2.88. The van der Waals surface area contributed by atoms with E-state index in [4.69, 9.17) is 9.57 Å². The van der Waals surface area contributed by atoms with Crippen molar-refractivity contribution < 1.29 is 14.4 Å². The van der Waals surface area contributed by atoms with Crippen molar-refractivity contribution in [2.75, 3.05) is 6.61 Å². The van der Waals surface area contributed by atoms with Crippen molar-refractivity contribution in [3.05, 3.63) is 40.4 Å². The van der Waals surface area contributed by atoms with E-state index in [1.54, 1.807) is 0 Å². The lowest BCUT2D eigenvalue weighted by molar-refractivity contribution is -0.140. The summed E-state index contributed by atoms with van der Waals surface area (Å²) in [6.45, 7) is 1.64. The van der Waals surface area contributed by atoms with Crippen LogP contribution in [-0.4, -0.2) is 18.3 Å². The van der Waals surface area contributed by atoms with Crippen molar-refractivity contribution in [1.82, 2.24) is 0 Å². The first-order valence-electron chi connectivity index (χ1n) is 5.75. The fraction of sp³-hybridized carbons (Fsp3) is 0.143. The van der Waals surface area contributed by atoms with Crippen LogP contribution in [-0.2, 0) is 9.63 Å². The maximum atomic E-state index is 10.8. The molecular formula is C14H10BrNO3. The summed E-state index contributed by atoms with van der Waals surface area (Å²) in [5, 5.41) is 5.98. The van der Waals surface area contributed by atoms with Gasteiger partial charge in [0.2, 0.25) is 0 Å². The molecule has 0 fully saturated rings. The van der Waals surface area contributed by atoms with Gasteiger partial charge in [-0.1, -0.05) is 33.2 Å². The predicted molar refractivity (Wildman–Crippen MR) is 75.4 cm³/mol. The van der Waals surface area contributed by atoms with Gasteiger partial charge in [0.25, 0.3) is 0 Å². The van der Waals surface area contributed by atoms with E-state index in [-0.39, 0.29) is 0 Å². The van der Waals surface area contributed by atoms with Gasteiger partial charge in [0.15, 0.2) is 0 Å². The topological polar surface area (TPSA) is 47.9 Å². The third kappa shape index (κ3) is 2.21. The van der Waals surface area contributed by atoms with Crippen molar-refractivity contribution in [3.63, 3.8) is 0 Å². The van der Waals surface area contributed by atoms with E-state index in [0.29, 0.717) is 12.3 Å². The summed E-state index contributed by atoms with van der Waals surface area (Å²) in [5.74, 6) is 0.324. The summed E-state index contributed by atoms with van der Waals surface area (Å²) in [5.41, 5.74) is 1.53. The molecule has 96 valence electrons. The molecule has 0 spiro atoms. The Morgan fingerprint density at radius 3 is 3.00 bits per heavy atom. The van der Waals surface area contributed by atoms with Gasteiger partial charge in [-0.15, -0.1) is 0 Å². The molecule has 1 heterocycles. The van der Waals surface area contributed by atoms with Crippen LogP contribution < -0.4 is 4.74 Å². The van der Waals surface area contributed by atoms with E-state index in [0.717, 1.165) is 26.6 Å². The van der Waals surface area contributed by atoms with E-state index >= 15 is 0 Å². The van der Waals surface area contributed by atoms with E-state index in [9.17, 15) is 4.79 Å². The van der Waals surface area contributed by atoms with Gasteiger partial charge in [0, 0.05) is 11.4 Å². The highest BCUT2D eigenvalue weighted by molar-refractivity contribution is 9.10. The van der Waals surface area contributed by atoms with Crippen LogP contribution in [0.25, 0.3) is 10.8 Å². The molecule has 0 N–H and O–H groups in total. The van der Waals surface area contributed by atoms with Gasteiger partial charge in [0.1, 0.15) is 18.1 Å². The second-order valence-corrected chi connectivity index (χ2v) is 5.13. The van der Waals surface area contributed by atoms with E-state index in [1.807, 2.05) is 30.3 Å². The molecule has 5 heteroatoms. The highest BCUT2D eigenvalue weighted by Gasteiger charge is 2.23. The molecule has 0 saturated heterocycles. The molecule has 0 bridgehead atoms. The van der Waals surface area contributed by atoms with Gasteiger partial charge in [-0.3, -0.25) is 0 Å². The van der Waals surface area contributed by atoms with Crippen LogP contribution in [0.15, 0.2) is 40.0 Å². The van der Waals surface area contributed by atoms with E-state index < -0.39 is 5.97 Å². The number of hydrogen-bond donors (Lipinski definition) is 0. The molecule has 4 nitrogen and oxygen atoms in total. The number of rotatable bonds is 1. The highest BCUT2D eigenvalue weighted by atomic mass is 79.9. The Labute approximate surface area is 118 Å². The molecule has 2 aromatic rings. The zero-order chi connectivity index (χ0) is 13.4. The third-order valence-corrected chi connectivity index (χ3v) is 3.37. The van der Waals surface area contributed by atoms with Crippen molar-refractivity contribution in [2.45, 2.75) is 6.92 Å². The van der Waals surface area contributed by atoms with Crippen LogP contribution in [0.5, 0.6) is 5.75 Å². The number of hydrogen-bond acceptors (Lipinski definition) is 4. The molecule has 0 saturated carbocycles. The number of carbonyl (C=O) groups is 1. The first kappa shape index (κ1) is 12.2. The molecule has 1 aliphatic rings. The molecule has 0 atom stereocenters. The number of halogens is 1. The minimum absolute atomic E-state index is 0.317. The number of fused-ring (bicyclic) bond motifs is 3.